The van der Waals surface area contributed by atoms with Crippen molar-refractivity contribution in [2.24, 2.45) is 5.92 Å². The molecule has 2 aromatic rings. The number of ether oxygens (including phenoxy) is 4. The molecule has 1 aliphatic carbocycles. The van der Waals surface area contributed by atoms with Gasteiger partial charge in [0.25, 0.3) is 0 Å². The molecular weight excluding hydrogens is 366 g/mol. The quantitative estimate of drug-likeness (QED) is 0.704. The van der Waals surface area contributed by atoms with E-state index in [0.29, 0.717) is 25.5 Å². The molecule has 4 heterocycles. The minimum absolute atomic E-state index is 0.317. The van der Waals surface area contributed by atoms with Gasteiger partial charge in [-0.15, -0.1) is 0 Å². The zero-order valence-electron chi connectivity index (χ0n) is 16.3. The maximum Gasteiger partial charge on any atom is 0.231 e. The Hall–Kier alpha value is -2.82. The molecule has 2 aromatic carbocycles. The molecule has 1 fully saturated rings. The summed E-state index contributed by atoms with van der Waals surface area (Å²) in [5.41, 5.74) is 6.61. The first kappa shape index (κ1) is 16.0. The maximum absolute atomic E-state index is 5.73. The fourth-order valence-corrected chi connectivity index (χ4v) is 5.85. The van der Waals surface area contributed by atoms with Gasteiger partial charge in [0.05, 0.1) is 6.04 Å². The summed E-state index contributed by atoms with van der Waals surface area (Å²) in [6.45, 7) is 1.67. The first-order valence-electron chi connectivity index (χ1n) is 10.7. The van der Waals surface area contributed by atoms with E-state index in [-0.39, 0.29) is 0 Å². The van der Waals surface area contributed by atoms with Crippen LogP contribution in [0, 0.1) is 5.92 Å². The third kappa shape index (κ3) is 2.27. The fourth-order valence-electron chi connectivity index (χ4n) is 5.85. The third-order valence-electron chi connectivity index (χ3n) is 7.18. The normalized spacial score (nSPS) is 23.5. The van der Waals surface area contributed by atoms with Gasteiger partial charge in [-0.05, 0) is 72.2 Å². The molecule has 0 bridgehead atoms. The Morgan fingerprint density at radius 3 is 2.28 bits per heavy atom. The molecule has 7 rings (SSSR count). The van der Waals surface area contributed by atoms with Crippen molar-refractivity contribution in [2.75, 3.05) is 20.1 Å². The molecule has 0 saturated heterocycles. The van der Waals surface area contributed by atoms with Crippen LogP contribution in [0.1, 0.15) is 54.0 Å². The molecule has 0 N–H and O–H groups in total. The Bertz CT molecular complexity index is 1050. The smallest absolute Gasteiger partial charge is 0.231 e. The maximum atomic E-state index is 5.73. The van der Waals surface area contributed by atoms with Gasteiger partial charge >= 0.3 is 0 Å². The van der Waals surface area contributed by atoms with Crippen molar-refractivity contribution in [1.29, 1.82) is 0 Å². The average molecular weight is 389 g/mol. The number of fused-ring (bicyclic) bond motifs is 6. The van der Waals surface area contributed by atoms with E-state index in [1.54, 1.807) is 0 Å². The van der Waals surface area contributed by atoms with Gasteiger partial charge in [0.1, 0.15) is 0 Å². The van der Waals surface area contributed by atoms with Crippen LogP contribution in [0.4, 0.5) is 0 Å². The molecule has 5 heteroatoms. The summed E-state index contributed by atoms with van der Waals surface area (Å²) in [5, 5.41) is 0. The third-order valence-corrected chi connectivity index (χ3v) is 7.18. The lowest BCUT2D eigenvalue weighted by Gasteiger charge is -2.45. The van der Waals surface area contributed by atoms with Gasteiger partial charge in [0.15, 0.2) is 23.0 Å². The monoisotopic (exact) mass is 389 g/mol. The van der Waals surface area contributed by atoms with Gasteiger partial charge < -0.3 is 23.8 Å². The number of nitrogens with zero attached hydrogens (tertiary/aromatic N) is 1. The largest absolute Gasteiger partial charge is 0.454 e. The minimum Gasteiger partial charge on any atom is -0.454 e. The second kappa shape index (κ2) is 5.85. The Labute approximate surface area is 169 Å². The second-order valence-electron chi connectivity index (χ2n) is 8.66. The standard InChI is InChI=1S/C24H23NO4/c1-2-4-14(3-1)24-18-11-23-21(27-13-29-23)9-16(18)7-19-17-10-22-20(26-12-28-22)8-15(17)5-6-25(19)24/h7-11,14,24H,1-6,12-13H2/t24-/m0/s1. The van der Waals surface area contributed by atoms with E-state index in [1.807, 2.05) is 0 Å². The van der Waals surface area contributed by atoms with Crippen LogP contribution in [0.3, 0.4) is 0 Å². The van der Waals surface area contributed by atoms with E-state index in [2.05, 4.69) is 35.2 Å². The van der Waals surface area contributed by atoms with Gasteiger partial charge in [0, 0.05) is 17.8 Å². The van der Waals surface area contributed by atoms with Crippen LogP contribution >= 0.6 is 0 Å². The summed E-state index contributed by atoms with van der Waals surface area (Å²) in [5.74, 6) is 4.18. The minimum atomic E-state index is 0.317. The summed E-state index contributed by atoms with van der Waals surface area (Å²) in [6.07, 6.45) is 8.65. The van der Waals surface area contributed by atoms with Crippen LogP contribution in [-0.2, 0) is 6.42 Å². The SMILES string of the molecule is C1=C2c3cc4c(cc3CCN2[C@@H](C2CCCC2)c2cc3c(cc21)OCO3)OCO4. The Kier molecular flexibility index (Phi) is 3.23. The van der Waals surface area contributed by atoms with Gasteiger partial charge in [-0.1, -0.05) is 12.8 Å². The fraction of sp³-hybridized carbons (Fsp3) is 0.417. The van der Waals surface area contributed by atoms with Gasteiger partial charge in [-0.2, -0.15) is 0 Å². The Balaban J connectivity index is 1.43. The molecule has 5 aliphatic rings. The summed E-state index contributed by atoms with van der Waals surface area (Å²) >= 11 is 0. The molecule has 29 heavy (non-hydrogen) atoms. The Morgan fingerprint density at radius 2 is 1.48 bits per heavy atom. The van der Waals surface area contributed by atoms with E-state index < -0.39 is 0 Å². The lowest BCUT2D eigenvalue weighted by Crippen LogP contribution is -2.38. The van der Waals surface area contributed by atoms with Gasteiger partial charge in [-0.3, -0.25) is 0 Å². The molecule has 1 saturated carbocycles. The van der Waals surface area contributed by atoms with E-state index in [4.69, 9.17) is 18.9 Å². The van der Waals surface area contributed by atoms with Gasteiger partial charge in [0.2, 0.25) is 13.6 Å². The van der Waals surface area contributed by atoms with E-state index in [9.17, 15) is 0 Å². The van der Waals surface area contributed by atoms with Crippen molar-refractivity contribution in [1.82, 2.24) is 4.90 Å². The van der Waals surface area contributed by atoms with E-state index >= 15 is 0 Å². The van der Waals surface area contributed by atoms with Crippen molar-refractivity contribution >= 4 is 11.8 Å². The van der Waals surface area contributed by atoms with Crippen LogP contribution in [0.2, 0.25) is 0 Å². The second-order valence-corrected chi connectivity index (χ2v) is 8.66. The number of benzene rings is 2. The number of hydrogen-bond acceptors (Lipinski definition) is 5. The van der Waals surface area contributed by atoms with Crippen LogP contribution in [0.15, 0.2) is 24.3 Å². The van der Waals surface area contributed by atoms with Crippen LogP contribution in [0.5, 0.6) is 23.0 Å². The highest BCUT2D eigenvalue weighted by Crippen LogP contribution is 2.52. The summed E-state index contributed by atoms with van der Waals surface area (Å²) in [6, 6.07) is 9.17. The zero-order chi connectivity index (χ0) is 18.9. The molecule has 0 radical (unpaired) electrons. The molecule has 5 nitrogen and oxygen atoms in total. The first-order valence-corrected chi connectivity index (χ1v) is 10.7. The lowest BCUT2D eigenvalue weighted by molar-refractivity contribution is 0.173. The van der Waals surface area contributed by atoms with Crippen molar-refractivity contribution in [3.05, 3.63) is 46.5 Å². The highest BCUT2D eigenvalue weighted by Gasteiger charge is 2.40. The molecule has 0 spiro atoms. The predicted molar refractivity (Wildman–Crippen MR) is 108 cm³/mol. The lowest BCUT2D eigenvalue weighted by atomic mass is 9.81. The van der Waals surface area contributed by atoms with Crippen LogP contribution < -0.4 is 18.9 Å². The van der Waals surface area contributed by atoms with Crippen molar-refractivity contribution in [2.45, 2.75) is 38.1 Å². The van der Waals surface area contributed by atoms with Crippen LogP contribution in [-0.4, -0.2) is 25.0 Å². The highest BCUT2D eigenvalue weighted by atomic mass is 16.7. The average Bonchev–Trinajstić information content (AvgIpc) is 3.50. The van der Waals surface area contributed by atoms with Crippen molar-refractivity contribution in [3.63, 3.8) is 0 Å². The summed E-state index contributed by atoms with van der Waals surface area (Å²) < 4.78 is 22.7. The topological polar surface area (TPSA) is 40.2 Å². The molecule has 0 amide bonds. The van der Waals surface area contributed by atoms with E-state index in [0.717, 1.165) is 36.0 Å². The first-order chi connectivity index (χ1) is 14.3. The number of hydrogen-bond donors (Lipinski definition) is 0. The highest BCUT2D eigenvalue weighted by molar-refractivity contribution is 5.87. The molecule has 148 valence electrons. The van der Waals surface area contributed by atoms with E-state index in [1.165, 1.54) is 53.6 Å². The van der Waals surface area contributed by atoms with Gasteiger partial charge in [-0.25, -0.2) is 0 Å². The molecule has 4 aliphatic heterocycles. The molecule has 0 aromatic heterocycles. The van der Waals surface area contributed by atoms with Crippen LogP contribution in [0.25, 0.3) is 11.8 Å². The Morgan fingerprint density at radius 1 is 0.793 bits per heavy atom. The zero-order valence-corrected chi connectivity index (χ0v) is 16.3. The molecule has 1 atom stereocenters. The predicted octanol–water partition coefficient (Wildman–Crippen LogP) is 4.75. The summed E-state index contributed by atoms with van der Waals surface area (Å²) in [7, 11) is 0. The molecule has 0 unspecified atom stereocenters. The number of rotatable bonds is 1. The van der Waals surface area contributed by atoms with Crippen molar-refractivity contribution < 1.29 is 18.9 Å². The molecular formula is C24H23NO4. The van der Waals surface area contributed by atoms with Crippen molar-refractivity contribution in [3.8, 4) is 23.0 Å². The summed E-state index contributed by atoms with van der Waals surface area (Å²) in [4.78, 5) is 2.64.